The molecule has 4 heteroatoms. The average Bonchev–Trinajstić information content (AvgIpc) is 2.45. The molecule has 21 heavy (non-hydrogen) atoms. The van der Waals surface area contributed by atoms with Crippen LogP contribution in [0.3, 0.4) is 0 Å². The van der Waals surface area contributed by atoms with Crippen molar-refractivity contribution in [2.45, 2.75) is 46.5 Å². The molecule has 0 aliphatic heterocycles. The zero-order valence-corrected chi connectivity index (χ0v) is 13.3. The number of nitrogens with zero attached hydrogens (tertiary/aromatic N) is 2. The second-order valence-electron chi connectivity index (χ2n) is 6.47. The zero-order valence-electron chi connectivity index (χ0n) is 13.3. The van der Waals surface area contributed by atoms with Crippen molar-refractivity contribution in [3.63, 3.8) is 0 Å². The predicted molar refractivity (Wildman–Crippen MR) is 90.4 cm³/mol. The Morgan fingerprint density at radius 3 is 2.76 bits per heavy atom. The number of hydrogen-bond donors (Lipinski definition) is 2. The quantitative estimate of drug-likeness (QED) is 0.590. The monoisotopic (exact) mass is 286 g/mol. The molecule has 1 aromatic heterocycles. The number of nitrogens with two attached hydrogens (primary N) is 1. The fourth-order valence-electron chi connectivity index (χ4n) is 2.48. The first-order chi connectivity index (χ1) is 10.0. The highest BCUT2D eigenvalue weighted by atomic mass is 15.0. The number of hydrogen-bond acceptors (Lipinski definition) is 4. The Labute approximate surface area is 127 Å². The molecule has 0 radical (unpaired) electrons. The summed E-state index contributed by atoms with van der Waals surface area (Å²) in [4.78, 5) is 8.65. The van der Waals surface area contributed by atoms with Crippen molar-refractivity contribution in [3.05, 3.63) is 24.5 Å². The predicted octanol–water partition coefficient (Wildman–Crippen LogP) is 4.23. The standard InChI is InChI=1S/C17H26N4/c1-4-5-6-9-17(2,3)11-19-16-14-8-7-13(18)10-15(14)20-12-21-16/h7-8,10,12H,4-6,9,11,18H2,1-3H3,(H,19,20,21). The summed E-state index contributed by atoms with van der Waals surface area (Å²) in [7, 11) is 0. The smallest absolute Gasteiger partial charge is 0.137 e. The summed E-state index contributed by atoms with van der Waals surface area (Å²) < 4.78 is 0. The van der Waals surface area contributed by atoms with Gasteiger partial charge in [0.25, 0.3) is 0 Å². The van der Waals surface area contributed by atoms with E-state index in [0.717, 1.165) is 29.0 Å². The van der Waals surface area contributed by atoms with Crippen molar-refractivity contribution in [3.8, 4) is 0 Å². The Bertz CT molecular complexity index is 592. The molecule has 0 fully saturated rings. The molecule has 0 atom stereocenters. The molecule has 0 aliphatic carbocycles. The number of anilines is 2. The van der Waals surface area contributed by atoms with Gasteiger partial charge < -0.3 is 11.1 Å². The lowest BCUT2D eigenvalue weighted by Gasteiger charge is -2.25. The first-order valence-corrected chi connectivity index (χ1v) is 7.76. The second-order valence-corrected chi connectivity index (χ2v) is 6.47. The first-order valence-electron chi connectivity index (χ1n) is 7.76. The van der Waals surface area contributed by atoms with Crippen molar-refractivity contribution in [2.75, 3.05) is 17.6 Å². The molecule has 2 rings (SSSR count). The lowest BCUT2D eigenvalue weighted by atomic mass is 9.87. The molecular formula is C17H26N4. The van der Waals surface area contributed by atoms with E-state index in [4.69, 9.17) is 5.73 Å². The molecule has 4 nitrogen and oxygen atoms in total. The molecule has 114 valence electrons. The van der Waals surface area contributed by atoms with Crippen LogP contribution in [0, 0.1) is 5.41 Å². The normalized spacial score (nSPS) is 11.8. The Kier molecular flexibility index (Phi) is 4.99. The van der Waals surface area contributed by atoms with Gasteiger partial charge in [-0.1, -0.05) is 40.0 Å². The maximum absolute atomic E-state index is 5.80. The van der Waals surface area contributed by atoms with E-state index < -0.39 is 0 Å². The number of aromatic nitrogens is 2. The Morgan fingerprint density at radius 2 is 2.00 bits per heavy atom. The fourth-order valence-corrected chi connectivity index (χ4v) is 2.48. The van der Waals surface area contributed by atoms with E-state index in [1.54, 1.807) is 6.33 Å². The lowest BCUT2D eigenvalue weighted by Crippen LogP contribution is -2.23. The third kappa shape index (κ3) is 4.31. The fraction of sp³-hybridized carbons (Fsp3) is 0.529. The molecular weight excluding hydrogens is 260 g/mol. The highest BCUT2D eigenvalue weighted by molar-refractivity contribution is 5.90. The molecule has 0 aliphatic rings. The van der Waals surface area contributed by atoms with Gasteiger partial charge in [-0.2, -0.15) is 0 Å². The number of nitrogens with one attached hydrogen (secondary N) is 1. The van der Waals surface area contributed by atoms with Gasteiger partial charge in [-0.15, -0.1) is 0 Å². The highest BCUT2D eigenvalue weighted by Crippen LogP contribution is 2.26. The van der Waals surface area contributed by atoms with Crippen LogP contribution in [0.1, 0.15) is 46.5 Å². The van der Waals surface area contributed by atoms with E-state index in [1.165, 1.54) is 25.7 Å². The minimum Gasteiger partial charge on any atom is -0.399 e. The minimum atomic E-state index is 0.264. The third-order valence-corrected chi connectivity index (χ3v) is 3.85. The van der Waals surface area contributed by atoms with Crippen LogP contribution in [0.2, 0.25) is 0 Å². The molecule has 0 saturated carbocycles. The zero-order chi connectivity index (χ0) is 15.3. The summed E-state index contributed by atoms with van der Waals surface area (Å²) in [6, 6.07) is 5.76. The Hall–Kier alpha value is -1.84. The second kappa shape index (κ2) is 6.74. The van der Waals surface area contributed by atoms with Gasteiger partial charge in [0.2, 0.25) is 0 Å². The van der Waals surface area contributed by atoms with Crippen molar-refractivity contribution >= 4 is 22.4 Å². The molecule has 0 bridgehead atoms. The van der Waals surface area contributed by atoms with E-state index in [0.29, 0.717) is 0 Å². The van der Waals surface area contributed by atoms with E-state index in [2.05, 4.69) is 36.1 Å². The molecule has 1 aromatic carbocycles. The Morgan fingerprint density at radius 1 is 1.19 bits per heavy atom. The van der Waals surface area contributed by atoms with Crippen LogP contribution in [-0.4, -0.2) is 16.5 Å². The highest BCUT2D eigenvalue weighted by Gasteiger charge is 2.17. The van der Waals surface area contributed by atoms with E-state index >= 15 is 0 Å². The summed E-state index contributed by atoms with van der Waals surface area (Å²) in [6.07, 6.45) is 6.67. The van der Waals surface area contributed by atoms with Gasteiger partial charge >= 0.3 is 0 Å². The SMILES string of the molecule is CCCCCC(C)(C)CNc1ncnc2cc(N)ccc12. The molecule has 0 spiro atoms. The van der Waals surface area contributed by atoms with Gasteiger partial charge in [0.15, 0.2) is 0 Å². The molecule has 3 N–H and O–H groups in total. The van der Waals surface area contributed by atoms with Crippen LogP contribution in [0.4, 0.5) is 11.5 Å². The van der Waals surface area contributed by atoms with Gasteiger partial charge in [-0.05, 0) is 30.0 Å². The number of benzene rings is 1. The molecule has 1 heterocycles. The molecule has 0 saturated heterocycles. The van der Waals surface area contributed by atoms with Crippen LogP contribution in [0.25, 0.3) is 10.9 Å². The topological polar surface area (TPSA) is 63.8 Å². The van der Waals surface area contributed by atoms with Gasteiger partial charge in [-0.3, -0.25) is 0 Å². The van der Waals surface area contributed by atoms with Gasteiger partial charge in [0.1, 0.15) is 12.1 Å². The summed E-state index contributed by atoms with van der Waals surface area (Å²) >= 11 is 0. The summed E-state index contributed by atoms with van der Waals surface area (Å²) in [5, 5.41) is 4.51. The maximum atomic E-state index is 5.80. The van der Waals surface area contributed by atoms with Gasteiger partial charge in [0, 0.05) is 17.6 Å². The summed E-state index contributed by atoms with van der Waals surface area (Å²) in [5.41, 5.74) is 7.68. The van der Waals surface area contributed by atoms with Crippen molar-refractivity contribution < 1.29 is 0 Å². The van der Waals surface area contributed by atoms with Gasteiger partial charge in [-0.25, -0.2) is 9.97 Å². The van der Waals surface area contributed by atoms with Crippen molar-refractivity contribution in [1.29, 1.82) is 0 Å². The van der Waals surface area contributed by atoms with E-state index in [-0.39, 0.29) is 5.41 Å². The largest absolute Gasteiger partial charge is 0.399 e. The van der Waals surface area contributed by atoms with Gasteiger partial charge in [0.05, 0.1) is 5.52 Å². The summed E-state index contributed by atoms with van der Waals surface area (Å²) in [5.74, 6) is 0.892. The summed E-state index contributed by atoms with van der Waals surface area (Å²) in [6.45, 7) is 7.76. The first kappa shape index (κ1) is 15.5. The van der Waals surface area contributed by atoms with Crippen molar-refractivity contribution in [1.82, 2.24) is 9.97 Å². The molecule has 0 unspecified atom stereocenters. The van der Waals surface area contributed by atoms with E-state index in [9.17, 15) is 0 Å². The number of unbranched alkanes of at least 4 members (excludes halogenated alkanes) is 2. The van der Waals surface area contributed by atoms with Crippen LogP contribution >= 0.6 is 0 Å². The van der Waals surface area contributed by atoms with Crippen LogP contribution in [0.5, 0.6) is 0 Å². The Balaban J connectivity index is 2.06. The molecule has 0 amide bonds. The molecule has 2 aromatic rings. The van der Waals surface area contributed by atoms with Crippen LogP contribution in [0.15, 0.2) is 24.5 Å². The lowest BCUT2D eigenvalue weighted by molar-refractivity contribution is 0.342. The average molecular weight is 286 g/mol. The maximum Gasteiger partial charge on any atom is 0.137 e. The van der Waals surface area contributed by atoms with Crippen molar-refractivity contribution in [2.24, 2.45) is 5.41 Å². The minimum absolute atomic E-state index is 0.264. The van der Waals surface area contributed by atoms with E-state index in [1.807, 2.05) is 18.2 Å². The third-order valence-electron chi connectivity index (χ3n) is 3.85. The number of fused-ring (bicyclic) bond motifs is 1. The number of rotatable bonds is 7. The number of nitrogen functional groups attached to an aromatic ring is 1. The van der Waals surface area contributed by atoms with Crippen LogP contribution in [-0.2, 0) is 0 Å². The van der Waals surface area contributed by atoms with Crippen LogP contribution < -0.4 is 11.1 Å².